The van der Waals surface area contributed by atoms with Gasteiger partial charge in [0.2, 0.25) is 0 Å². The lowest BCUT2D eigenvalue weighted by atomic mass is 10.3. The Morgan fingerprint density at radius 2 is 2.42 bits per heavy atom. The van der Waals surface area contributed by atoms with Crippen molar-refractivity contribution in [3.63, 3.8) is 0 Å². The van der Waals surface area contributed by atoms with Crippen molar-refractivity contribution in [3.8, 4) is 0 Å². The maximum absolute atomic E-state index is 11.9. The predicted octanol–water partition coefficient (Wildman–Crippen LogP) is 0.833. The molecule has 2 rings (SSSR count). The van der Waals surface area contributed by atoms with Gasteiger partial charge in [0.1, 0.15) is 4.88 Å². The molecule has 2 aromatic rings. The highest BCUT2D eigenvalue weighted by Crippen LogP contribution is 2.19. The molecule has 0 spiro atoms. The Kier molecular flexibility index (Phi) is 4.13. The number of aromatic amines is 1. The lowest BCUT2D eigenvalue weighted by Crippen LogP contribution is -2.22. The number of hydrogen-bond donors (Lipinski definition) is 3. The minimum absolute atomic E-state index is 0.186. The van der Waals surface area contributed by atoms with Crippen LogP contribution in [0.2, 0.25) is 0 Å². The van der Waals surface area contributed by atoms with Gasteiger partial charge < -0.3 is 15.8 Å². The van der Waals surface area contributed by atoms with E-state index < -0.39 is 0 Å². The first-order valence-electron chi connectivity index (χ1n) is 5.63. The molecular weight excluding hydrogens is 266 g/mol. The quantitative estimate of drug-likeness (QED) is 0.752. The number of aryl methyl sites for hydroxylation is 1. The highest BCUT2D eigenvalue weighted by atomic mass is 32.1. The van der Waals surface area contributed by atoms with Gasteiger partial charge in [-0.1, -0.05) is 11.3 Å². The minimum atomic E-state index is -0.186. The normalized spacial score (nSPS) is 10.6. The summed E-state index contributed by atoms with van der Waals surface area (Å²) >= 11 is 1.18. The molecule has 0 saturated heterocycles. The molecular formula is C11H15N5O2S. The number of aromatic nitrogens is 3. The van der Waals surface area contributed by atoms with Crippen LogP contribution in [0.1, 0.15) is 26.8 Å². The Labute approximate surface area is 114 Å². The molecule has 2 heterocycles. The molecule has 0 bridgehead atoms. The van der Waals surface area contributed by atoms with Crippen molar-refractivity contribution < 1.29 is 9.53 Å². The summed E-state index contributed by atoms with van der Waals surface area (Å²) in [7, 11) is 1.60. The predicted molar refractivity (Wildman–Crippen MR) is 71.7 cm³/mol. The molecule has 0 saturated carbocycles. The topological polar surface area (TPSA) is 106 Å². The lowest BCUT2D eigenvalue weighted by Gasteiger charge is -2.01. The monoisotopic (exact) mass is 281 g/mol. The molecule has 2 aromatic heterocycles. The molecule has 0 fully saturated rings. The highest BCUT2D eigenvalue weighted by molar-refractivity contribution is 7.17. The van der Waals surface area contributed by atoms with Gasteiger partial charge in [0, 0.05) is 7.11 Å². The summed E-state index contributed by atoms with van der Waals surface area (Å²) in [4.78, 5) is 16.5. The average molecular weight is 281 g/mol. The maximum Gasteiger partial charge on any atom is 0.263 e. The van der Waals surface area contributed by atoms with Gasteiger partial charge >= 0.3 is 0 Å². The van der Waals surface area contributed by atoms with Crippen LogP contribution in [-0.4, -0.2) is 28.2 Å². The molecule has 0 radical (unpaired) electrons. The Morgan fingerprint density at radius 1 is 1.63 bits per heavy atom. The Bertz CT molecular complexity index is 577. The summed E-state index contributed by atoms with van der Waals surface area (Å²) in [6.45, 7) is 2.57. The molecule has 0 atom stereocenters. The van der Waals surface area contributed by atoms with E-state index in [4.69, 9.17) is 10.5 Å². The van der Waals surface area contributed by atoms with Crippen LogP contribution >= 0.6 is 11.3 Å². The van der Waals surface area contributed by atoms with Gasteiger partial charge in [-0.3, -0.25) is 9.89 Å². The third-order valence-electron chi connectivity index (χ3n) is 2.43. The van der Waals surface area contributed by atoms with E-state index in [2.05, 4.69) is 20.5 Å². The van der Waals surface area contributed by atoms with E-state index in [1.54, 1.807) is 14.0 Å². The first-order valence-corrected chi connectivity index (χ1v) is 6.45. The van der Waals surface area contributed by atoms with Gasteiger partial charge in [-0.2, -0.15) is 5.10 Å². The second kappa shape index (κ2) is 5.81. The number of nitrogens with one attached hydrogen (secondary N) is 2. The van der Waals surface area contributed by atoms with Gasteiger partial charge in [0.25, 0.3) is 5.91 Å². The average Bonchev–Trinajstić information content (AvgIpc) is 2.93. The van der Waals surface area contributed by atoms with Gasteiger partial charge in [-0.15, -0.1) is 0 Å². The number of rotatable bonds is 5. The molecule has 1 amide bonds. The number of thiazole rings is 1. The first-order chi connectivity index (χ1) is 9.10. The number of H-pyrrole nitrogens is 1. The van der Waals surface area contributed by atoms with Crippen molar-refractivity contribution in [2.45, 2.75) is 20.1 Å². The fraction of sp³-hybridized carbons (Fsp3) is 0.364. The van der Waals surface area contributed by atoms with Crippen LogP contribution in [0, 0.1) is 6.92 Å². The third kappa shape index (κ3) is 3.30. The fourth-order valence-electron chi connectivity index (χ4n) is 1.61. The van der Waals surface area contributed by atoms with E-state index >= 15 is 0 Å². The number of methoxy groups -OCH3 is 1. The summed E-state index contributed by atoms with van der Waals surface area (Å²) in [5.74, 6) is -0.186. The standard InChI is InChI=1S/C11H15N5O2S/c1-6-9(19-11(12)14-6)10(17)13-4-7-3-8(5-18-2)16-15-7/h3H,4-5H2,1-2H3,(H2,12,14)(H,13,17)(H,15,16). The second-order valence-electron chi connectivity index (χ2n) is 3.97. The molecule has 102 valence electrons. The number of hydrogen-bond acceptors (Lipinski definition) is 6. The van der Waals surface area contributed by atoms with Crippen molar-refractivity contribution in [3.05, 3.63) is 28.0 Å². The molecule has 0 aliphatic carbocycles. The van der Waals surface area contributed by atoms with Crippen LogP contribution in [0.4, 0.5) is 5.13 Å². The molecule has 0 aliphatic rings. The van der Waals surface area contributed by atoms with E-state index in [1.807, 2.05) is 6.07 Å². The number of nitrogen functional groups attached to an aromatic ring is 1. The second-order valence-corrected chi connectivity index (χ2v) is 5.00. The van der Waals surface area contributed by atoms with Crippen LogP contribution < -0.4 is 11.1 Å². The third-order valence-corrected chi connectivity index (χ3v) is 3.42. The van der Waals surface area contributed by atoms with Gasteiger partial charge in [-0.05, 0) is 13.0 Å². The molecule has 4 N–H and O–H groups in total. The summed E-state index contributed by atoms with van der Waals surface area (Å²) in [6.07, 6.45) is 0. The minimum Gasteiger partial charge on any atom is -0.378 e. The number of nitrogens with zero attached hydrogens (tertiary/aromatic N) is 2. The van der Waals surface area contributed by atoms with Crippen LogP contribution in [0.25, 0.3) is 0 Å². The number of carbonyl (C=O) groups excluding carboxylic acids is 1. The van der Waals surface area contributed by atoms with Crippen LogP contribution in [0.3, 0.4) is 0 Å². The Hall–Kier alpha value is -1.93. The van der Waals surface area contributed by atoms with Crippen molar-refractivity contribution in [2.24, 2.45) is 0 Å². The van der Waals surface area contributed by atoms with E-state index in [9.17, 15) is 4.79 Å². The zero-order valence-corrected chi connectivity index (χ0v) is 11.5. The summed E-state index contributed by atoms with van der Waals surface area (Å²) in [6, 6.07) is 1.84. The number of amides is 1. The van der Waals surface area contributed by atoms with Gasteiger partial charge in [0.05, 0.1) is 30.2 Å². The highest BCUT2D eigenvalue weighted by Gasteiger charge is 2.14. The Morgan fingerprint density at radius 3 is 3.05 bits per heavy atom. The molecule has 19 heavy (non-hydrogen) atoms. The number of ether oxygens (including phenoxy) is 1. The van der Waals surface area contributed by atoms with Crippen molar-refractivity contribution in [2.75, 3.05) is 12.8 Å². The van der Waals surface area contributed by atoms with Crippen LogP contribution in [0.5, 0.6) is 0 Å². The largest absolute Gasteiger partial charge is 0.378 e. The van der Waals surface area contributed by atoms with Gasteiger partial charge in [-0.25, -0.2) is 4.98 Å². The molecule has 0 aromatic carbocycles. The number of carbonyl (C=O) groups is 1. The molecule has 0 aliphatic heterocycles. The maximum atomic E-state index is 11.9. The summed E-state index contributed by atoms with van der Waals surface area (Å²) in [5.41, 5.74) is 7.81. The zero-order valence-electron chi connectivity index (χ0n) is 10.7. The summed E-state index contributed by atoms with van der Waals surface area (Å²) < 4.78 is 4.96. The molecule has 0 unspecified atom stereocenters. The van der Waals surface area contributed by atoms with E-state index in [-0.39, 0.29) is 5.91 Å². The molecule has 8 heteroatoms. The first kappa shape index (κ1) is 13.5. The summed E-state index contributed by atoms with van der Waals surface area (Å²) in [5, 5.41) is 10.1. The number of anilines is 1. The van der Waals surface area contributed by atoms with Crippen molar-refractivity contribution >= 4 is 22.4 Å². The van der Waals surface area contributed by atoms with Crippen LogP contribution in [0.15, 0.2) is 6.07 Å². The zero-order chi connectivity index (χ0) is 13.8. The van der Waals surface area contributed by atoms with Crippen molar-refractivity contribution in [1.29, 1.82) is 0 Å². The Balaban J connectivity index is 1.94. The fourth-order valence-corrected chi connectivity index (χ4v) is 2.36. The smallest absolute Gasteiger partial charge is 0.263 e. The lowest BCUT2D eigenvalue weighted by molar-refractivity contribution is 0.0953. The SMILES string of the molecule is COCc1cc(CNC(=O)c2sc(N)nc2C)[nH]n1. The van der Waals surface area contributed by atoms with E-state index in [0.29, 0.717) is 28.9 Å². The van der Waals surface area contributed by atoms with Crippen molar-refractivity contribution in [1.82, 2.24) is 20.5 Å². The number of nitrogens with two attached hydrogens (primary N) is 1. The van der Waals surface area contributed by atoms with E-state index in [0.717, 1.165) is 11.4 Å². The van der Waals surface area contributed by atoms with Gasteiger partial charge in [0.15, 0.2) is 5.13 Å². The van der Waals surface area contributed by atoms with Crippen LogP contribution in [-0.2, 0) is 17.9 Å². The molecule has 7 nitrogen and oxygen atoms in total. The van der Waals surface area contributed by atoms with E-state index in [1.165, 1.54) is 11.3 Å².